The lowest BCUT2D eigenvalue weighted by Gasteiger charge is -2.19. The van der Waals surface area contributed by atoms with Gasteiger partial charge in [-0.25, -0.2) is 0 Å². The smallest absolute Gasteiger partial charge is 0.253 e. The highest BCUT2D eigenvalue weighted by Gasteiger charge is 2.16. The predicted octanol–water partition coefficient (Wildman–Crippen LogP) is 2.28. The summed E-state index contributed by atoms with van der Waals surface area (Å²) < 4.78 is 1.79. The molecular formula is C18H20N4O2. The summed E-state index contributed by atoms with van der Waals surface area (Å²) in [5, 5.41) is 20.2. The fraction of sp³-hybridized carbons (Fsp3) is 0.278. The van der Waals surface area contributed by atoms with Gasteiger partial charge in [-0.15, -0.1) is 10.2 Å². The minimum atomic E-state index is -0.156. The Labute approximate surface area is 140 Å². The van der Waals surface area contributed by atoms with Gasteiger partial charge in [-0.2, -0.15) is 0 Å². The molecule has 1 amide bonds. The number of aryl methyl sites for hydroxylation is 1. The number of hydrogen-bond acceptors (Lipinski definition) is 4. The normalized spacial score (nSPS) is 12.2. The Balaban J connectivity index is 1.82. The average molecular weight is 324 g/mol. The summed E-state index contributed by atoms with van der Waals surface area (Å²) in [5.74, 6) is 0.580. The first-order valence-corrected chi connectivity index (χ1v) is 7.97. The number of nitrogens with one attached hydrogen (secondary N) is 1. The van der Waals surface area contributed by atoms with Crippen LogP contribution in [0.1, 0.15) is 40.6 Å². The molecule has 6 heteroatoms. The quantitative estimate of drug-likeness (QED) is 0.729. The summed E-state index contributed by atoms with van der Waals surface area (Å²) >= 11 is 0. The number of aliphatic hydroxyl groups is 1. The first-order chi connectivity index (χ1) is 11.7. The summed E-state index contributed by atoms with van der Waals surface area (Å²) in [6, 6.07) is 13.2. The monoisotopic (exact) mass is 324 g/mol. The fourth-order valence-corrected chi connectivity index (χ4v) is 2.68. The van der Waals surface area contributed by atoms with Crippen LogP contribution in [0.2, 0.25) is 0 Å². The van der Waals surface area contributed by atoms with Crippen molar-refractivity contribution in [3.63, 3.8) is 0 Å². The van der Waals surface area contributed by atoms with Crippen LogP contribution in [0.4, 0.5) is 0 Å². The molecule has 3 rings (SSSR count). The van der Waals surface area contributed by atoms with E-state index in [9.17, 15) is 4.79 Å². The van der Waals surface area contributed by atoms with Crippen LogP contribution >= 0.6 is 0 Å². The van der Waals surface area contributed by atoms with Crippen LogP contribution in [0, 0.1) is 6.92 Å². The standard InChI is InChI=1S/C18H20N4O2/c1-13-20-21-17-10-9-15(12-22(13)17)18(24)19-16(8-5-11-23)14-6-3-2-4-7-14/h2-4,6-7,9-10,12,16,23H,5,8,11H2,1H3,(H,19,24). The van der Waals surface area contributed by atoms with E-state index < -0.39 is 0 Å². The molecule has 124 valence electrons. The second kappa shape index (κ2) is 7.23. The minimum absolute atomic E-state index is 0.102. The van der Waals surface area contributed by atoms with Crippen molar-refractivity contribution in [1.29, 1.82) is 0 Å². The second-order valence-corrected chi connectivity index (χ2v) is 5.70. The summed E-state index contributed by atoms with van der Waals surface area (Å²) in [6.07, 6.45) is 3.05. The third-order valence-electron chi connectivity index (χ3n) is 3.99. The molecule has 0 aliphatic heterocycles. The van der Waals surface area contributed by atoms with Crippen LogP contribution in [0.25, 0.3) is 5.65 Å². The van der Waals surface area contributed by atoms with Crippen LogP contribution in [0.3, 0.4) is 0 Å². The number of fused-ring (bicyclic) bond motifs is 1. The van der Waals surface area contributed by atoms with Crippen molar-refractivity contribution in [1.82, 2.24) is 19.9 Å². The molecule has 2 N–H and O–H groups in total. The highest BCUT2D eigenvalue weighted by Crippen LogP contribution is 2.19. The molecule has 0 spiro atoms. The van der Waals surface area contributed by atoms with E-state index in [1.54, 1.807) is 22.7 Å². The van der Waals surface area contributed by atoms with Gasteiger partial charge in [0.05, 0.1) is 11.6 Å². The number of nitrogens with zero attached hydrogens (tertiary/aromatic N) is 3. The van der Waals surface area contributed by atoms with Crippen molar-refractivity contribution in [2.45, 2.75) is 25.8 Å². The summed E-state index contributed by atoms with van der Waals surface area (Å²) in [7, 11) is 0. The third-order valence-corrected chi connectivity index (χ3v) is 3.99. The van der Waals surface area contributed by atoms with Crippen LogP contribution in [0.15, 0.2) is 48.7 Å². The van der Waals surface area contributed by atoms with Gasteiger partial charge in [0.15, 0.2) is 5.65 Å². The maximum atomic E-state index is 12.6. The largest absolute Gasteiger partial charge is 0.396 e. The van der Waals surface area contributed by atoms with Crippen LogP contribution in [0.5, 0.6) is 0 Å². The van der Waals surface area contributed by atoms with Crippen molar-refractivity contribution in [3.05, 3.63) is 65.6 Å². The molecule has 2 aromatic heterocycles. The maximum Gasteiger partial charge on any atom is 0.253 e. The Kier molecular flexibility index (Phi) is 4.86. The molecule has 1 unspecified atom stereocenters. The van der Waals surface area contributed by atoms with Gasteiger partial charge in [-0.3, -0.25) is 9.20 Å². The molecule has 0 saturated carbocycles. The lowest BCUT2D eigenvalue weighted by Crippen LogP contribution is -2.29. The molecule has 2 heterocycles. The summed E-state index contributed by atoms with van der Waals surface area (Å²) in [5.41, 5.74) is 2.29. The maximum absolute atomic E-state index is 12.6. The number of pyridine rings is 1. The first-order valence-electron chi connectivity index (χ1n) is 7.97. The van der Waals surface area contributed by atoms with Gasteiger partial charge < -0.3 is 10.4 Å². The average Bonchev–Trinajstić information content (AvgIpc) is 2.99. The number of benzene rings is 1. The predicted molar refractivity (Wildman–Crippen MR) is 90.7 cm³/mol. The molecule has 1 aromatic carbocycles. The molecule has 0 radical (unpaired) electrons. The Hall–Kier alpha value is -2.73. The molecule has 24 heavy (non-hydrogen) atoms. The number of carbonyl (C=O) groups excluding carboxylic acids is 1. The molecule has 0 saturated heterocycles. The van der Waals surface area contributed by atoms with Gasteiger partial charge in [0.25, 0.3) is 5.91 Å². The number of aliphatic hydroxyl groups excluding tert-OH is 1. The van der Waals surface area contributed by atoms with E-state index in [-0.39, 0.29) is 18.6 Å². The van der Waals surface area contributed by atoms with Gasteiger partial charge in [0.2, 0.25) is 0 Å². The lowest BCUT2D eigenvalue weighted by atomic mass is 10.0. The van der Waals surface area contributed by atoms with E-state index in [0.717, 1.165) is 11.4 Å². The second-order valence-electron chi connectivity index (χ2n) is 5.70. The van der Waals surface area contributed by atoms with E-state index in [1.807, 2.05) is 37.3 Å². The zero-order chi connectivity index (χ0) is 16.9. The Morgan fingerprint density at radius 2 is 2.00 bits per heavy atom. The minimum Gasteiger partial charge on any atom is -0.396 e. The van der Waals surface area contributed by atoms with E-state index in [4.69, 9.17) is 5.11 Å². The van der Waals surface area contributed by atoms with Crippen molar-refractivity contribution in [3.8, 4) is 0 Å². The van der Waals surface area contributed by atoms with Gasteiger partial charge >= 0.3 is 0 Å². The van der Waals surface area contributed by atoms with Crippen LogP contribution < -0.4 is 5.32 Å². The molecule has 0 bridgehead atoms. The third kappa shape index (κ3) is 3.44. The molecule has 1 atom stereocenters. The van der Waals surface area contributed by atoms with Crippen molar-refractivity contribution in [2.75, 3.05) is 6.61 Å². The molecule has 0 fully saturated rings. The lowest BCUT2D eigenvalue weighted by molar-refractivity contribution is 0.0932. The SMILES string of the molecule is Cc1nnc2ccc(C(=O)NC(CCCO)c3ccccc3)cn12. The van der Waals surface area contributed by atoms with Crippen molar-refractivity contribution < 1.29 is 9.90 Å². The van der Waals surface area contributed by atoms with Crippen molar-refractivity contribution in [2.24, 2.45) is 0 Å². The number of carbonyl (C=O) groups is 1. The highest BCUT2D eigenvalue weighted by molar-refractivity contribution is 5.94. The molecule has 0 aliphatic carbocycles. The van der Waals surface area contributed by atoms with Crippen LogP contribution in [-0.2, 0) is 0 Å². The zero-order valence-electron chi connectivity index (χ0n) is 13.5. The van der Waals surface area contributed by atoms with Gasteiger partial charge in [-0.05, 0) is 37.5 Å². The zero-order valence-corrected chi connectivity index (χ0v) is 13.5. The molecule has 3 aromatic rings. The van der Waals surface area contributed by atoms with E-state index >= 15 is 0 Å². The highest BCUT2D eigenvalue weighted by atomic mass is 16.3. The van der Waals surface area contributed by atoms with E-state index in [0.29, 0.717) is 24.1 Å². The summed E-state index contributed by atoms with van der Waals surface area (Å²) in [4.78, 5) is 12.6. The number of hydrogen-bond donors (Lipinski definition) is 2. The van der Waals surface area contributed by atoms with Gasteiger partial charge in [0, 0.05) is 12.8 Å². The Bertz CT molecular complexity index is 829. The topological polar surface area (TPSA) is 79.5 Å². The number of rotatable bonds is 6. The number of aromatic nitrogens is 3. The molecule has 6 nitrogen and oxygen atoms in total. The Morgan fingerprint density at radius 3 is 2.75 bits per heavy atom. The van der Waals surface area contributed by atoms with Crippen LogP contribution in [-0.4, -0.2) is 32.2 Å². The first kappa shape index (κ1) is 16.1. The van der Waals surface area contributed by atoms with Crippen molar-refractivity contribution >= 4 is 11.6 Å². The Morgan fingerprint density at radius 1 is 1.21 bits per heavy atom. The fourth-order valence-electron chi connectivity index (χ4n) is 2.68. The number of amides is 1. The van der Waals surface area contributed by atoms with E-state index in [2.05, 4.69) is 15.5 Å². The summed E-state index contributed by atoms with van der Waals surface area (Å²) in [6.45, 7) is 1.95. The molecule has 0 aliphatic rings. The molecular weight excluding hydrogens is 304 g/mol. The van der Waals surface area contributed by atoms with Gasteiger partial charge in [0.1, 0.15) is 5.82 Å². The van der Waals surface area contributed by atoms with Gasteiger partial charge in [-0.1, -0.05) is 30.3 Å². The van der Waals surface area contributed by atoms with E-state index in [1.165, 1.54) is 0 Å².